The molecule has 0 radical (unpaired) electrons. The molecule has 0 saturated carbocycles. The molecule has 0 N–H and O–H groups in total. The number of Topliss-reactive ketones (excluding diaryl/α,β-unsaturated/α-hetero) is 1. The zero-order chi connectivity index (χ0) is 12.7. The second-order valence-electron chi connectivity index (χ2n) is 3.24. The molecule has 1 aromatic rings. The molecule has 1 aromatic carbocycles. The number of benzene rings is 1. The maximum Gasteiger partial charge on any atom is 0.313 e. The SMILES string of the molecule is CCOC(=O)CC(=O)COc1ccccc1F. The molecule has 0 fully saturated rings. The van der Waals surface area contributed by atoms with Gasteiger partial charge < -0.3 is 9.47 Å². The van der Waals surface area contributed by atoms with Gasteiger partial charge >= 0.3 is 5.97 Å². The minimum atomic E-state index is -0.602. The number of rotatable bonds is 6. The number of ketones is 1. The minimum absolute atomic E-state index is 0.00953. The molecule has 0 aliphatic heterocycles. The van der Waals surface area contributed by atoms with Crippen molar-refractivity contribution >= 4 is 11.8 Å². The monoisotopic (exact) mass is 240 g/mol. The minimum Gasteiger partial charge on any atom is -0.483 e. The van der Waals surface area contributed by atoms with E-state index in [9.17, 15) is 14.0 Å². The quantitative estimate of drug-likeness (QED) is 0.561. The molecule has 0 saturated heterocycles. The molecule has 0 aliphatic rings. The van der Waals surface area contributed by atoms with E-state index in [-0.39, 0.29) is 25.4 Å². The average molecular weight is 240 g/mol. The third-order valence-electron chi connectivity index (χ3n) is 1.87. The predicted octanol–water partition coefficient (Wildman–Crippen LogP) is 1.73. The summed E-state index contributed by atoms with van der Waals surface area (Å²) >= 11 is 0. The topological polar surface area (TPSA) is 52.6 Å². The summed E-state index contributed by atoms with van der Waals surface area (Å²) in [6.45, 7) is 1.53. The molecule has 0 unspecified atom stereocenters. The van der Waals surface area contributed by atoms with Gasteiger partial charge in [-0.05, 0) is 19.1 Å². The van der Waals surface area contributed by atoms with E-state index < -0.39 is 17.6 Å². The van der Waals surface area contributed by atoms with Crippen LogP contribution in [0.15, 0.2) is 24.3 Å². The fraction of sp³-hybridized carbons (Fsp3) is 0.333. The van der Waals surface area contributed by atoms with Crippen molar-refractivity contribution in [3.8, 4) is 5.75 Å². The van der Waals surface area contributed by atoms with E-state index in [0.29, 0.717) is 0 Å². The summed E-state index contributed by atoms with van der Waals surface area (Å²) in [6, 6.07) is 5.75. The van der Waals surface area contributed by atoms with Gasteiger partial charge in [-0.2, -0.15) is 0 Å². The van der Waals surface area contributed by atoms with Gasteiger partial charge in [-0.1, -0.05) is 12.1 Å². The molecule has 4 nitrogen and oxygen atoms in total. The Bertz CT molecular complexity index is 403. The summed E-state index contributed by atoms with van der Waals surface area (Å²) in [5.74, 6) is -1.61. The van der Waals surface area contributed by atoms with Gasteiger partial charge in [0.05, 0.1) is 6.61 Å². The third kappa shape index (κ3) is 4.63. The van der Waals surface area contributed by atoms with Crippen LogP contribution in [0.2, 0.25) is 0 Å². The Morgan fingerprint density at radius 2 is 2.00 bits per heavy atom. The van der Waals surface area contributed by atoms with Crippen LogP contribution in [0.3, 0.4) is 0 Å². The number of hydrogen-bond acceptors (Lipinski definition) is 4. The highest BCUT2D eigenvalue weighted by Crippen LogP contribution is 2.15. The molecule has 0 aromatic heterocycles. The van der Waals surface area contributed by atoms with Gasteiger partial charge in [-0.25, -0.2) is 4.39 Å². The van der Waals surface area contributed by atoms with Gasteiger partial charge in [0.15, 0.2) is 17.3 Å². The highest BCUT2D eigenvalue weighted by atomic mass is 19.1. The largest absolute Gasteiger partial charge is 0.483 e. The molecule has 0 bridgehead atoms. The Kier molecular flexibility index (Phi) is 5.13. The van der Waals surface area contributed by atoms with Crippen LogP contribution in [0.5, 0.6) is 5.75 Å². The summed E-state index contributed by atoms with van der Waals surface area (Å²) < 4.78 is 22.6. The first-order valence-corrected chi connectivity index (χ1v) is 5.18. The zero-order valence-electron chi connectivity index (χ0n) is 9.44. The maximum absolute atomic E-state index is 13.1. The molecule has 0 atom stereocenters. The van der Waals surface area contributed by atoms with Crippen LogP contribution in [0.25, 0.3) is 0 Å². The highest BCUT2D eigenvalue weighted by Gasteiger charge is 2.11. The number of halogens is 1. The van der Waals surface area contributed by atoms with Crippen LogP contribution in [0.4, 0.5) is 4.39 Å². The van der Waals surface area contributed by atoms with Crippen LogP contribution >= 0.6 is 0 Å². The molecule has 0 spiro atoms. The first-order chi connectivity index (χ1) is 8.13. The number of esters is 1. The Morgan fingerprint density at radius 3 is 2.65 bits per heavy atom. The lowest BCUT2D eigenvalue weighted by molar-refractivity contribution is -0.145. The van der Waals surface area contributed by atoms with E-state index in [2.05, 4.69) is 4.74 Å². The Balaban J connectivity index is 2.38. The predicted molar refractivity (Wildman–Crippen MR) is 58.2 cm³/mol. The molecule has 0 aliphatic carbocycles. The molecule has 1 rings (SSSR count). The Labute approximate surface area is 98.3 Å². The summed E-state index contributed by atoms with van der Waals surface area (Å²) in [5.41, 5.74) is 0. The van der Waals surface area contributed by atoms with Crippen LogP contribution in [0.1, 0.15) is 13.3 Å². The van der Waals surface area contributed by atoms with Crippen molar-refractivity contribution in [3.63, 3.8) is 0 Å². The number of carbonyl (C=O) groups excluding carboxylic acids is 2. The summed E-state index contributed by atoms with van der Waals surface area (Å²) in [6.07, 6.45) is -0.359. The summed E-state index contributed by atoms with van der Waals surface area (Å²) in [7, 11) is 0. The lowest BCUT2D eigenvalue weighted by Crippen LogP contribution is -2.17. The van der Waals surface area contributed by atoms with Crippen molar-refractivity contribution in [1.82, 2.24) is 0 Å². The van der Waals surface area contributed by atoms with E-state index in [4.69, 9.17) is 4.74 Å². The molecule has 92 valence electrons. The van der Waals surface area contributed by atoms with Gasteiger partial charge in [-0.3, -0.25) is 9.59 Å². The van der Waals surface area contributed by atoms with Crippen LogP contribution in [0, 0.1) is 5.82 Å². The van der Waals surface area contributed by atoms with Crippen LogP contribution < -0.4 is 4.74 Å². The first-order valence-electron chi connectivity index (χ1n) is 5.18. The fourth-order valence-electron chi connectivity index (χ4n) is 1.14. The second kappa shape index (κ2) is 6.62. The number of carbonyl (C=O) groups is 2. The molecule has 17 heavy (non-hydrogen) atoms. The second-order valence-corrected chi connectivity index (χ2v) is 3.24. The van der Waals surface area contributed by atoms with Gasteiger partial charge in [0, 0.05) is 0 Å². The van der Waals surface area contributed by atoms with Gasteiger partial charge in [0.2, 0.25) is 0 Å². The standard InChI is InChI=1S/C12H13FO4/c1-2-16-12(15)7-9(14)8-17-11-6-4-3-5-10(11)13/h3-6H,2,7-8H2,1H3. The van der Waals surface area contributed by atoms with Crippen LogP contribution in [-0.2, 0) is 14.3 Å². The van der Waals surface area contributed by atoms with E-state index in [1.165, 1.54) is 18.2 Å². The van der Waals surface area contributed by atoms with E-state index in [1.807, 2.05) is 0 Å². The summed E-state index contributed by atoms with van der Waals surface area (Å²) in [4.78, 5) is 22.2. The molecule has 5 heteroatoms. The highest BCUT2D eigenvalue weighted by molar-refractivity contribution is 5.96. The van der Waals surface area contributed by atoms with E-state index >= 15 is 0 Å². The van der Waals surface area contributed by atoms with Crippen molar-refractivity contribution in [2.24, 2.45) is 0 Å². The number of hydrogen-bond donors (Lipinski definition) is 0. The van der Waals surface area contributed by atoms with Crippen molar-refractivity contribution in [3.05, 3.63) is 30.1 Å². The molecular formula is C12H13FO4. The zero-order valence-corrected chi connectivity index (χ0v) is 9.44. The van der Waals surface area contributed by atoms with Gasteiger partial charge in [0.1, 0.15) is 13.0 Å². The third-order valence-corrected chi connectivity index (χ3v) is 1.87. The van der Waals surface area contributed by atoms with Crippen molar-refractivity contribution in [1.29, 1.82) is 0 Å². The van der Waals surface area contributed by atoms with E-state index in [1.54, 1.807) is 13.0 Å². The lowest BCUT2D eigenvalue weighted by Gasteiger charge is -2.05. The molecular weight excluding hydrogens is 227 g/mol. The van der Waals surface area contributed by atoms with Crippen LogP contribution in [-0.4, -0.2) is 25.0 Å². The number of para-hydroxylation sites is 1. The van der Waals surface area contributed by atoms with E-state index in [0.717, 1.165) is 0 Å². The van der Waals surface area contributed by atoms with Crippen molar-refractivity contribution < 1.29 is 23.5 Å². The Hall–Kier alpha value is -1.91. The normalized spacial score (nSPS) is 9.76. The molecule has 0 heterocycles. The lowest BCUT2D eigenvalue weighted by atomic mass is 10.3. The van der Waals surface area contributed by atoms with Crippen molar-refractivity contribution in [2.75, 3.05) is 13.2 Å². The fourth-order valence-corrected chi connectivity index (χ4v) is 1.14. The van der Waals surface area contributed by atoms with Gasteiger partial charge in [0.25, 0.3) is 0 Å². The Morgan fingerprint density at radius 1 is 1.29 bits per heavy atom. The maximum atomic E-state index is 13.1. The number of ether oxygens (including phenoxy) is 2. The summed E-state index contributed by atoms with van der Waals surface area (Å²) in [5, 5.41) is 0. The molecule has 0 amide bonds. The smallest absolute Gasteiger partial charge is 0.313 e. The average Bonchev–Trinajstić information content (AvgIpc) is 2.28. The van der Waals surface area contributed by atoms with Crippen molar-refractivity contribution in [2.45, 2.75) is 13.3 Å². The van der Waals surface area contributed by atoms with Gasteiger partial charge in [-0.15, -0.1) is 0 Å². The first kappa shape index (κ1) is 13.2.